The number of hydrogen-bond donors (Lipinski definition) is 0. The number of hydrogen-bond acceptors (Lipinski definition) is 2. The normalized spacial score (nSPS) is 17.9. The Morgan fingerprint density at radius 1 is 1.25 bits per heavy atom. The topological polar surface area (TPSA) is 16.4 Å². The molecule has 1 aliphatic rings. The molecule has 1 aromatic carbocycles. The quantitative estimate of drug-likeness (QED) is 0.822. The van der Waals surface area contributed by atoms with Gasteiger partial charge in [-0.2, -0.15) is 0 Å². The lowest BCUT2D eigenvalue weighted by Gasteiger charge is -2.24. The van der Waals surface area contributed by atoms with Crippen LogP contribution in [0.3, 0.4) is 0 Å². The smallest absolute Gasteiger partial charge is 0.107 e. The lowest BCUT2D eigenvalue weighted by molar-refractivity contribution is 0.465. The molecule has 1 unspecified atom stereocenters. The predicted octanol–water partition coefficient (Wildman–Crippen LogP) is 4.38. The molecular formula is C18H23NO. The number of rotatable bonds is 3. The number of anilines is 1. The average molecular weight is 269 g/mol. The monoisotopic (exact) mass is 269 g/mol. The SMILES string of the molecule is CCc1cc(C2CCCc3occc32)ccc1N(C)C. The predicted molar refractivity (Wildman–Crippen MR) is 83.6 cm³/mol. The highest BCUT2D eigenvalue weighted by Gasteiger charge is 2.24. The van der Waals surface area contributed by atoms with Crippen LogP contribution in [0.25, 0.3) is 0 Å². The fourth-order valence-electron chi connectivity index (χ4n) is 3.37. The number of furan rings is 1. The Labute approximate surface area is 121 Å². The summed E-state index contributed by atoms with van der Waals surface area (Å²) in [7, 11) is 4.23. The molecule has 0 radical (unpaired) electrons. The summed E-state index contributed by atoms with van der Waals surface area (Å²) in [5.74, 6) is 1.70. The molecule has 0 fully saturated rings. The second-order valence-electron chi connectivity index (χ2n) is 5.88. The maximum absolute atomic E-state index is 5.62. The van der Waals surface area contributed by atoms with E-state index in [2.05, 4.69) is 50.2 Å². The molecule has 0 N–H and O–H groups in total. The van der Waals surface area contributed by atoms with Crippen molar-refractivity contribution in [3.8, 4) is 0 Å². The maximum atomic E-state index is 5.62. The molecule has 0 amide bonds. The third-order valence-corrected chi connectivity index (χ3v) is 4.42. The second-order valence-corrected chi connectivity index (χ2v) is 5.88. The summed E-state index contributed by atoms with van der Waals surface area (Å²) >= 11 is 0. The average Bonchev–Trinajstić information content (AvgIpc) is 2.94. The maximum Gasteiger partial charge on any atom is 0.107 e. The van der Waals surface area contributed by atoms with Crippen molar-refractivity contribution in [2.75, 3.05) is 19.0 Å². The summed E-state index contributed by atoms with van der Waals surface area (Å²) in [4.78, 5) is 2.20. The molecular weight excluding hydrogens is 246 g/mol. The third-order valence-electron chi connectivity index (χ3n) is 4.42. The molecule has 0 saturated heterocycles. The summed E-state index contributed by atoms with van der Waals surface area (Å²) in [6.45, 7) is 2.23. The first-order chi connectivity index (χ1) is 9.70. The molecule has 0 saturated carbocycles. The van der Waals surface area contributed by atoms with Crippen LogP contribution >= 0.6 is 0 Å². The molecule has 0 spiro atoms. The third kappa shape index (κ3) is 2.24. The van der Waals surface area contributed by atoms with Crippen LogP contribution in [-0.4, -0.2) is 14.1 Å². The van der Waals surface area contributed by atoms with E-state index in [1.54, 1.807) is 0 Å². The molecule has 0 aliphatic heterocycles. The van der Waals surface area contributed by atoms with Gasteiger partial charge < -0.3 is 9.32 Å². The van der Waals surface area contributed by atoms with Gasteiger partial charge in [0.25, 0.3) is 0 Å². The minimum Gasteiger partial charge on any atom is -0.469 e. The van der Waals surface area contributed by atoms with Crippen LogP contribution in [0.5, 0.6) is 0 Å². The number of benzene rings is 1. The largest absolute Gasteiger partial charge is 0.469 e. The van der Waals surface area contributed by atoms with Gasteiger partial charge in [0.15, 0.2) is 0 Å². The summed E-state index contributed by atoms with van der Waals surface area (Å²) in [6.07, 6.45) is 6.47. The lowest BCUT2D eigenvalue weighted by Crippen LogP contribution is -2.13. The van der Waals surface area contributed by atoms with Crippen molar-refractivity contribution in [3.63, 3.8) is 0 Å². The van der Waals surface area contributed by atoms with Crippen molar-refractivity contribution in [1.82, 2.24) is 0 Å². The first kappa shape index (κ1) is 13.3. The van der Waals surface area contributed by atoms with E-state index in [0.29, 0.717) is 5.92 Å². The van der Waals surface area contributed by atoms with Gasteiger partial charge in [-0.1, -0.05) is 19.1 Å². The van der Waals surface area contributed by atoms with E-state index in [1.165, 1.54) is 41.0 Å². The number of fused-ring (bicyclic) bond motifs is 1. The highest BCUT2D eigenvalue weighted by molar-refractivity contribution is 5.55. The van der Waals surface area contributed by atoms with Gasteiger partial charge in [0, 0.05) is 37.7 Å². The van der Waals surface area contributed by atoms with Crippen molar-refractivity contribution < 1.29 is 4.42 Å². The van der Waals surface area contributed by atoms with Crippen LogP contribution in [0.2, 0.25) is 0 Å². The minimum absolute atomic E-state index is 0.513. The van der Waals surface area contributed by atoms with Gasteiger partial charge in [-0.15, -0.1) is 0 Å². The van der Waals surface area contributed by atoms with Gasteiger partial charge in [0.05, 0.1) is 6.26 Å². The van der Waals surface area contributed by atoms with Crippen molar-refractivity contribution in [2.45, 2.75) is 38.5 Å². The molecule has 1 aromatic heterocycles. The molecule has 3 rings (SSSR count). The van der Waals surface area contributed by atoms with Crippen LogP contribution in [0.1, 0.15) is 48.1 Å². The Hall–Kier alpha value is -1.70. The Balaban J connectivity index is 2.00. The van der Waals surface area contributed by atoms with E-state index in [1.807, 2.05) is 6.26 Å². The first-order valence-electron chi connectivity index (χ1n) is 7.57. The molecule has 0 bridgehead atoms. The molecule has 2 nitrogen and oxygen atoms in total. The van der Waals surface area contributed by atoms with Gasteiger partial charge in [0.1, 0.15) is 5.76 Å². The fourth-order valence-corrected chi connectivity index (χ4v) is 3.37. The zero-order valence-electron chi connectivity index (χ0n) is 12.6. The molecule has 106 valence electrons. The molecule has 1 heterocycles. The van der Waals surface area contributed by atoms with E-state index in [0.717, 1.165) is 12.8 Å². The Morgan fingerprint density at radius 2 is 2.10 bits per heavy atom. The van der Waals surface area contributed by atoms with E-state index in [9.17, 15) is 0 Å². The summed E-state index contributed by atoms with van der Waals surface area (Å²) in [5, 5.41) is 0. The van der Waals surface area contributed by atoms with Crippen LogP contribution in [0.4, 0.5) is 5.69 Å². The summed E-state index contributed by atoms with van der Waals surface area (Å²) < 4.78 is 5.62. The lowest BCUT2D eigenvalue weighted by atomic mass is 9.81. The van der Waals surface area contributed by atoms with Crippen molar-refractivity contribution >= 4 is 5.69 Å². The Kier molecular flexibility index (Phi) is 3.56. The molecule has 1 aliphatic carbocycles. The van der Waals surface area contributed by atoms with E-state index < -0.39 is 0 Å². The van der Waals surface area contributed by atoms with Crippen molar-refractivity contribution in [1.29, 1.82) is 0 Å². The van der Waals surface area contributed by atoms with Crippen LogP contribution in [0.15, 0.2) is 34.9 Å². The fraction of sp³-hybridized carbons (Fsp3) is 0.444. The van der Waals surface area contributed by atoms with Gasteiger partial charge in [0.2, 0.25) is 0 Å². The van der Waals surface area contributed by atoms with Gasteiger partial charge in [-0.3, -0.25) is 0 Å². The Morgan fingerprint density at radius 3 is 2.85 bits per heavy atom. The zero-order valence-corrected chi connectivity index (χ0v) is 12.6. The highest BCUT2D eigenvalue weighted by atomic mass is 16.3. The van der Waals surface area contributed by atoms with Gasteiger partial charge in [-0.25, -0.2) is 0 Å². The Bertz CT molecular complexity index is 597. The standard InChI is InChI=1S/C18H23NO/c1-4-13-12-14(8-9-17(13)19(2)3)15-6-5-7-18-16(15)10-11-20-18/h8-12,15H,4-7H2,1-3H3. The molecule has 20 heavy (non-hydrogen) atoms. The van der Waals surface area contributed by atoms with Gasteiger partial charge >= 0.3 is 0 Å². The van der Waals surface area contributed by atoms with Gasteiger partial charge in [-0.05, 0) is 42.5 Å². The number of aryl methyl sites for hydroxylation is 2. The number of nitrogens with zero attached hydrogens (tertiary/aromatic N) is 1. The minimum atomic E-state index is 0.513. The van der Waals surface area contributed by atoms with E-state index >= 15 is 0 Å². The van der Waals surface area contributed by atoms with Crippen molar-refractivity contribution in [3.05, 3.63) is 53.0 Å². The van der Waals surface area contributed by atoms with Crippen LogP contribution in [-0.2, 0) is 12.8 Å². The molecule has 1 atom stereocenters. The highest BCUT2D eigenvalue weighted by Crippen LogP contribution is 2.38. The summed E-state index contributed by atoms with van der Waals surface area (Å²) in [6, 6.07) is 9.11. The second kappa shape index (κ2) is 5.35. The van der Waals surface area contributed by atoms with Crippen LogP contribution < -0.4 is 4.90 Å². The van der Waals surface area contributed by atoms with E-state index in [4.69, 9.17) is 4.42 Å². The van der Waals surface area contributed by atoms with Crippen molar-refractivity contribution in [2.24, 2.45) is 0 Å². The summed E-state index contributed by atoms with van der Waals surface area (Å²) in [5.41, 5.74) is 5.60. The van der Waals surface area contributed by atoms with E-state index in [-0.39, 0.29) is 0 Å². The molecule has 2 heteroatoms. The molecule has 2 aromatic rings. The zero-order chi connectivity index (χ0) is 14.1. The first-order valence-corrected chi connectivity index (χ1v) is 7.57. The van der Waals surface area contributed by atoms with Crippen LogP contribution in [0, 0.1) is 0 Å².